The Bertz CT molecular complexity index is 484. The van der Waals surface area contributed by atoms with Crippen molar-refractivity contribution in [2.45, 2.75) is 24.8 Å². The van der Waals surface area contributed by atoms with Crippen molar-refractivity contribution in [2.75, 3.05) is 13.2 Å². The van der Waals surface area contributed by atoms with Crippen LogP contribution in [0.3, 0.4) is 0 Å². The van der Waals surface area contributed by atoms with E-state index in [9.17, 15) is 8.42 Å². The molecule has 1 aromatic rings. The van der Waals surface area contributed by atoms with Crippen LogP contribution in [0.2, 0.25) is 0 Å². The molecule has 0 heterocycles. The molecule has 0 aliphatic carbocycles. The van der Waals surface area contributed by atoms with Gasteiger partial charge in [-0.15, -0.1) is 0 Å². The second kappa shape index (κ2) is 5.59. The van der Waals surface area contributed by atoms with Crippen LogP contribution in [0.4, 0.5) is 0 Å². The predicted molar refractivity (Wildman–Crippen MR) is 64.2 cm³/mol. The molecule has 6 heteroatoms. The maximum Gasteiger partial charge on any atom is 0.240 e. The third-order valence-corrected chi connectivity index (χ3v) is 3.92. The van der Waals surface area contributed by atoms with Gasteiger partial charge in [-0.3, -0.25) is 0 Å². The maximum absolute atomic E-state index is 11.9. The van der Waals surface area contributed by atoms with Crippen molar-refractivity contribution in [1.82, 2.24) is 4.72 Å². The van der Waals surface area contributed by atoms with Gasteiger partial charge in [-0.25, -0.2) is 13.1 Å². The maximum atomic E-state index is 11.9. The van der Waals surface area contributed by atoms with Crippen LogP contribution in [0.15, 0.2) is 23.1 Å². The van der Waals surface area contributed by atoms with Crippen LogP contribution in [-0.4, -0.2) is 37.9 Å². The number of benzene rings is 1. The zero-order valence-electron chi connectivity index (χ0n) is 9.84. The van der Waals surface area contributed by atoms with Gasteiger partial charge in [-0.05, 0) is 25.5 Å². The summed E-state index contributed by atoms with van der Waals surface area (Å²) in [6.45, 7) is 2.91. The molecule has 17 heavy (non-hydrogen) atoms. The van der Waals surface area contributed by atoms with E-state index in [4.69, 9.17) is 10.2 Å². The molecule has 0 bridgehead atoms. The van der Waals surface area contributed by atoms with Crippen molar-refractivity contribution in [3.8, 4) is 0 Å². The first kappa shape index (κ1) is 14.1. The number of aliphatic hydroxyl groups excluding tert-OH is 2. The van der Waals surface area contributed by atoms with E-state index in [-0.39, 0.29) is 11.4 Å². The number of nitrogens with one attached hydrogen (secondary N) is 1. The van der Waals surface area contributed by atoms with Gasteiger partial charge in [0.15, 0.2) is 0 Å². The highest BCUT2D eigenvalue weighted by atomic mass is 32.2. The minimum Gasteiger partial charge on any atom is -0.394 e. The van der Waals surface area contributed by atoms with E-state index >= 15 is 0 Å². The molecule has 0 aliphatic heterocycles. The summed E-state index contributed by atoms with van der Waals surface area (Å²) in [5.41, 5.74) is 1.63. The van der Waals surface area contributed by atoms with Crippen molar-refractivity contribution in [2.24, 2.45) is 0 Å². The predicted octanol–water partition coefficient (Wildman–Crippen LogP) is -0.0651. The summed E-state index contributed by atoms with van der Waals surface area (Å²) in [6.07, 6.45) is -1.09. The van der Waals surface area contributed by atoms with Crippen molar-refractivity contribution < 1.29 is 18.6 Å². The molecule has 0 spiro atoms. The Morgan fingerprint density at radius 2 is 2.00 bits per heavy atom. The number of hydrogen-bond acceptors (Lipinski definition) is 4. The molecule has 0 fully saturated rings. The third-order valence-electron chi connectivity index (χ3n) is 2.34. The Kier molecular flexibility index (Phi) is 4.64. The minimum atomic E-state index is -3.63. The smallest absolute Gasteiger partial charge is 0.240 e. The summed E-state index contributed by atoms with van der Waals surface area (Å²) in [7, 11) is -3.63. The molecule has 96 valence electrons. The standard InChI is InChI=1S/C11H17NO4S/c1-8-3-4-11(9(2)5-8)17(15,16)12-6-10(14)7-13/h3-5,10,12-14H,6-7H2,1-2H3. The zero-order chi connectivity index (χ0) is 13.1. The molecule has 0 saturated carbocycles. The molecule has 0 saturated heterocycles. The molecule has 1 aromatic carbocycles. The number of aryl methyl sites for hydroxylation is 2. The lowest BCUT2D eigenvalue weighted by molar-refractivity contribution is 0.0988. The van der Waals surface area contributed by atoms with E-state index < -0.39 is 22.7 Å². The Labute approximate surface area is 101 Å². The number of sulfonamides is 1. The molecule has 1 atom stereocenters. The van der Waals surface area contributed by atoms with Gasteiger partial charge in [-0.1, -0.05) is 17.7 Å². The van der Waals surface area contributed by atoms with Gasteiger partial charge in [0.25, 0.3) is 0 Å². The van der Waals surface area contributed by atoms with Gasteiger partial charge in [-0.2, -0.15) is 0 Å². The normalized spacial score (nSPS) is 13.6. The first-order valence-electron chi connectivity index (χ1n) is 5.22. The molecule has 1 rings (SSSR count). The average molecular weight is 259 g/mol. The van der Waals surface area contributed by atoms with Crippen LogP contribution in [0.25, 0.3) is 0 Å². The third kappa shape index (κ3) is 3.78. The van der Waals surface area contributed by atoms with E-state index in [2.05, 4.69) is 4.72 Å². The Morgan fingerprint density at radius 1 is 1.35 bits per heavy atom. The summed E-state index contributed by atoms with van der Waals surface area (Å²) < 4.78 is 26.0. The van der Waals surface area contributed by atoms with Gasteiger partial charge < -0.3 is 10.2 Å². The topological polar surface area (TPSA) is 86.6 Å². The summed E-state index contributed by atoms with van der Waals surface area (Å²) in [5.74, 6) is 0. The zero-order valence-corrected chi connectivity index (χ0v) is 10.7. The highest BCUT2D eigenvalue weighted by Gasteiger charge is 2.17. The molecule has 0 aromatic heterocycles. The Morgan fingerprint density at radius 3 is 2.53 bits per heavy atom. The van der Waals surface area contributed by atoms with E-state index in [1.165, 1.54) is 6.07 Å². The molecular formula is C11H17NO4S. The fourth-order valence-corrected chi connectivity index (χ4v) is 2.75. The van der Waals surface area contributed by atoms with Crippen molar-refractivity contribution in [3.05, 3.63) is 29.3 Å². The number of rotatable bonds is 5. The van der Waals surface area contributed by atoms with Crippen molar-refractivity contribution in [3.63, 3.8) is 0 Å². The molecule has 3 N–H and O–H groups in total. The first-order valence-corrected chi connectivity index (χ1v) is 6.71. The van der Waals surface area contributed by atoms with Gasteiger partial charge in [0.05, 0.1) is 17.6 Å². The average Bonchev–Trinajstić information content (AvgIpc) is 2.25. The van der Waals surface area contributed by atoms with E-state index in [1.807, 2.05) is 6.92 Å². The Balaban J connectivity index is 2.90. The summed E-state index contributed by atoms with van der Waals surface area (Å²) >= 11 is 0. The van der Waals surface area contributed by atoms with Gasteiger partial charge >= 0.3 is 0 Å². The van der Waals surface area contributed by atoms with Crippen LogP contribution in [0, 0.1) is 13.8 Å². The Hall–Kier alpha value is -0.950. The lowest BCUT2D eigenvalue weighted by Crippen LogP contribution is -2.34. The molecule has 0 aliphatic rings. The lowest BCUT2D eigenvalue weighted by Gasteiger charge is -2.12. The minimum absolute atomic E-state index is 0.188. The van der Waals surface area contributed by atoms with Crippen molar-refractivity contribution >= 4 is 10.0 Å². The molecule has 0 amide bonds. The van der Waals surface area contributed by atoms with E-state index in [0.717, 1.165) is 5.56 Å². The monoisotopic (exact) mass is 259 g/mol. The SMILES string of the molecule is Cc1ccc(S(=O)(=O)NCC(O)CO)c(C)c1. The first-order chi connectivity index (χ1) is 7.86. The van der Waals surface area contributed by atoms with Gasteiger partial charge in [0.1, 0.15) is 0 Å². The highest BCUT2D eigenvalue weighted by molar-refractivity contribution is 7.89. The number of hydrogen-bond donors (Lipinski definition) is 3. The molecule has 5 nitrogen and oxygen atoms in total. The second-order valence-electron chi connectivity index (χ2n) is 3.96. The van der Waals surface area contributed by atoms with E-state index in [0.29, 0.717) is 5.56 Å². The largest absolute Gasteiger partial charge is 0.394 e. The summed E-state index contributed by atoms with van der Waals surface area (Å²) in [5, 5.41) is 17.7. The van der Waals surface area contributed by atoms with Crippen LogP contribution < -0.4 is 4.72 Å². The van der Waals surface area contributed by atoms with E-state index in [1.54, 1.807) is 19.1 Å². The fraction of sp³-hybridized carbons (Fsp3) is 0.455. The summed E-state index contributed by atoms with van der Waals surface area (Å²) in [4.78, 5) is 0.188. The van der Waals surface area contributed by atoms with Crippen LogP contribution in [-0.2, 0) is 10.0 Å². The molecule has 0 radical (unpaired) electrons. The highest BCUT2D eigenvalue weighted by Crippen LogP contribution is 2.15. The quantitative estimate of drug-likeness (QED) is 0.691. The molecule has 1 unspecified atom stereocenters. The molecular weight excluding hydrogens is 242 g/mol. The summed E-state index contributed by atoms with van der Waals surface area (Å²) in [6, 6.07) is 5.01. The van der Waals surface area contributed by atoms with Crippen LogP contribution >= 0.6 is 0 Å². The van der Waals surface area contributed by atoms with Crippen LogP contribution in [0.1, 0.15) is 11.1 Å². The van der Waals surface area contributed by atoms with Gasteiger partial charge in [0, 0.05) is 6.54 Å². The lowest BCUT2D eigenvalue weighted by atomic mass is 10.2. The number of aliphatic hydroxyl groups is 2. The van der Waals surface area contributed by atoms with Gasteiger partial charge in [0.2, 0.25) is 10.0 Å². The van der Waals surface area contributed by atoms with Crippen molar-refractivity contribution in [1.29, 1.82) is 0 Å². The second-order valence-corrected chi connectivity index (χ2v) is 5.69. The fourth-order valence-electron chi connectivity index (χ4n) is 1.45. The van der Waals surface area contributed by atoms with Crippen LogP contribution in [0.5, 0.6) is 0 Å².